The lowest BCUT2D eigenvalue weighted by Gasteiger charge is -2.13. The van der Waals surface area contributed by atoms with Gasteiger partial charge in [-0.1, -0.05) is 5.57 Å². The minimum absolute atomic E-state index is 0.0191. The van der Waals surface area contributed by atoms with Crippen molar-refractivity contribution in [1.29, 1.82) is 0 Å². The van der Waals surface area contributed by atoms with Crippen molar-refractivity contribution in [3.8, 4) is 40.1 Å². The fourth-order valence-corrected chi connectivity index (χ4v) is 3.00. The zero-order valence-corrected chi connectivity index (χ0v) is 17.6. The molecule has 158 valence electrons. The van der Waals surface area contributed by atoms with Crippen molar-refractivity contribution in [3.63, 3.8) is 0 Å². The van der Waals surface area contributed by atoms with E-state index in [1.54, 1.807) is 24.3 Å². The summed E-state index contributed by atoms with van der Waals surface area (Å²) in [7, 11) is 4.42. The highest BCUT2D eigenvalue weighted by atomic mass is 16.5. The predicted molar refractivity (Wildman–Crippen MR) is 114 cm³/mol. The van der Waals surface area contributed by atoms with Gasteiger partial charge in [-0.25, -0.2) is 0 Å². The van der Waals surface area contributed by atoms with Crippen LogP contribution in [-0.2, 0) is 0 Å². The van der Waals surface area contributed by atoms with Crippen molar-refractivity contribution in [2.45, 2.75) is 13.8 Å². The van der Waals surface area contributed by atoms with Crippen LogP contribution >= 0.6 is 0 Å². The molecule has 0 saturated heterocycles. The smallest absolute Gasteiger partial charge is 0.239 e. The summed E-state index contributed by atoms with van der Waals surface area (Å²) in [6.07, 6.45) is 1.90. The van der Waals surface area contributed by atoms with Gasteiger partial charge in [0.15, 0.2) is 17.3 Å². The van der Waals surface area contributed by atoms with Crippen LogP contribution in [0.5, 0.6) is 28.7 Å². The van der Waals surface area contributed by atoms with Gasteiger partial charge in [0, 0.05) is 17.7 Å². The van der Waals surface area contributed by atoms with E-state index in [-0.39, 0.29) is 28.2 Å². The summed E-state index contributed by atoms with van der Waals surface area (Å²) in [4.78, 5) is 13.0. The van der Waals surface area contributed by atoms with Gasteiger partial charge >= 0.3 is 0 Å². The Kier molecular flexibility index (Phi) is 6.20. The third kappa shape index (κ3) is 4.05. The fourth-order valence-electron chi connectivity index (χ4n) is 3.00. The van der Waals surface area contributed by atoms with Crippen molar-refractivity contribution in [3.05, 3.63) is 52.2 Å². The number of phenolic OH excluding ortho intramolecular Hbond substituents is 1. The van der Waals surface area contributed by atoms with Gasteiger partial charge in [0.2, 0.25) is 11.2 Å². The van der Waals surface area contributed by atoms with Crippen LogP contribution in [0, 0.1) is 0 Å². The Balaban J connectivity index is 2.19. The molecule has 0 bridgehead atoms. The molecule has 0 spiro atoms. The standard InChI is InChI=1S/C23H24O7/c1-13(2)8-9-29-15-11-16(24)20-19(12-15)30-22(23(28-5)21(20)25)14-6-7-17(26-3)18(10-14)27-4/h6-8,10-12,24H,9H2,1-5H3. The monoisotopic (exact) mass is 412 g/mol. The molecule has 0 aliphatic rings. The quantitative estimate of drug-likeness (QED) is 0.570. The Morgan fingerprint density at radius 1 is 1.03 bits per heavy atom. The van der Waals surface area contributed by atoms with Crippen molar-refractivity contribution in [1.82, 2.24) is 0 Å². The Labute approximate surface area is 174 Å². The van der Waals surface area contributed by atoms with E-state index >= 15 is 0 Å². The van der Waals surface area contributed by atoms with Crippen molar-refractivity contribution in [2.75, 3.05) is 27.9 Å². The number of benzene rings is 2. The molecule has 1 heterocycles. The van der Waals surface area contributed by atoms with Crippen LogP contribution in [0.2, 0.25) is 0 Å². The molecule has 2 aromatic carbocycles. The summed E-state index contributed by atoms with van der Waals surface area (Å²) in [5, 5.41) is 10.4. The molecule has 0 aliphatic carbocycles. The van der Waals surface area contributed by atoms with Crippen molar-refractivity contribution < 1.29 is 28.5 Å². The highest BCUT2D eigenvalue weighted by Crippen LogP contribution is 2.38. The number of rotatable bonds is 7. The van der Waals surface area contributed by atoms with E-state index in [9.17, 15) is 9.90 Å². The average Bonchev–Trinajstić information content (AvgIpc) is 2.72. The van der Waals surface area contributed by atoms with Gasteiger partial charge in [0.1, 0.15) is 29.1 Å². The van der Waals surface area contributed by atoms with Gasteiger partial charge in [0.25, 0.3) is 0 Å². The van der Waals surface area contributed by atoms with Crippen LogP contribution in [-0.4, -0.2) is 33.0 Å². The third-order valence-electron chi connectivity index (χ3n) is 4.50. The van der Waals surface area contributed by atoms with E-state index in [4.69, 9.17) is 23.4 Å². The second-order valence-electron chi connectivity index (χ2n) is 6.77. The average molecular weight is 412 g/mol. The summed E-state index contributed by atoms with van der Waals surface area (Å²) in [5.41, 5.74) is 1.35. The van der Waals surface area contributed by atoms with E-state index in [0.717, 1.165) is 5.57 Å². The van der Waals surface area contributed by atoms with Crippen LogP contribution in [0.4, 0.5) is 0 Å². The van der Waals surface area contributed by atoms with Gasteiger partial charge in [-0.05, 0) is 38.1 Å². The molecule has 0 radical (unpaired) electrons. The second-order valence-corrected chi connectivity index (χ2v) is 6.77. The van der Waals surface area contributed by atoms with Crippen LogP contribution in [0.25, 0.3) is 22.3 Å². The zero-order valence-electron chi connectivity index (χ0n) is 17.6. The molecular weight excluding hydrogens is 388 g/mol. The number of hydrogen-bond acceptors (Lipinski definition) is 7. The minimum Gasteiger partial charge on any atom is -0.507 e. The van der Waals surface area contributed by atoms with E-state index in [0.29, 0.717) is 29.4 Å². The molecule has 0 fully saturated rings. The molecule has 7 nitrogen and oxygen atoms in total. The highest BCUT2D eigenvalue weighted by molar-refractivity contribution is 5.88. The lowest BCUT2D eigenvalue weighted by molar-refractivity contribution is 0.354. The Bertz CT molecular complexity index is 1150. The molecule has 0 unspecified atom stereocenters. The van der Waals surface area contributed by atoms with Gasteiger partial charge in [-0.2, -0.15) is 0 Å². The Morgan fingerprint density at radius 3 is 2.40 bits per heavy atom. The molecule has 0 saturated carbocycles. The fraction of sp³-hybridized carbons (Fsp3) is 0.261. The predicted octanol–water partition coefficient (Wildman–Crippen LogP) is 4.54. The first-order chi connectivity index (χ1) is 14.4. The van der Waals surface area contributed by atoms with Gasteiger partial charge in [-0.3, -0.25) is 4.79 Å². The number of aromatic hydroxyl groups is 1. The maximum atomic E-state index is 13.0. The maximum Gasteiger partial charge on any atom is 0.239 e. The van der Waals surface area contributed by atoms with Crippen molar-refractivity contribution in [2.24, 2.45) is 0 Å². The molecule has 1 aromatic heterocycles. The minimum atomic E-state index is -0.489. The first kappa shape index (κ1) is 21.1. The SMILES string of the molecule is COc1ccc(-c2oc3cc(OCC=C(C)C)cc(O)c3c(=O)c2OC)cc1OC. The lowest BCUT2D eigenvalue weighted by atomic mass is 10.1. The molecule has 0 amide bonds. The molecular formula is C23H24O7. The number of fused-ring (bicyclic) bond motifs is 1. The number of ether oxygens (including phenoxy) is 4. The maximum absolute atomic E-state index is 13.0. The largest absolute Gasteiger partial charge is 0.507 e. The summed E-state index contributed by atoms with van der Waals surface area (Å²) >= 11 is 0. The zero-order chi connectivity index (χ0) is 21.8. The molecule has 30 heavy (non-hydrogen) atoms. The Hall–Kier alpha value is -3.61. The van der Waals surface area contributed by atoms with E-state index in [1.165, 1.54) is 27.4 Å². The van der Waals surface area contributed by atoms with Gasteiger partial charge in [-0.15, -0.1) is 0 Å². The van der Waals surface area contributed by atoms with Crippen molar-refractivity contribution >= 4 is 11.0 Å². The number of phenols is 1. The van der Waals surface area contributed by atoms with Gasteiger partial charge in [0.05, 0.1) is 21.3 Å². The van der Waals surface area contributed by atoms with Gasteiger partial charge < -0.3 is 28.5 Å². The third-order valence-corrected chi connectivity index (χ3v) is 4.50. The number of methoxy groups -OCH3 is 3. The van der Waals surface area contributed by atoms with E-state index in [2.05, 4.69) is 0 Å². The van der Waals surface area contributed by atoms with Crippen LogP contribution in [0.1, 0.15) is 13.8 Å². The molecule has 0 atom stereocenters. The van der Waals surface area contributed by atoms with Crippen LogP contribution in [0.3, 0.4) is 0 Å². The number of allylic oxidation sites excluding steroid dienone is 1. The van der Waals surface area contributed by atoms with Crippen LogP contribution < -0.4 is 24.4 Å². The molecule has 0 aliphatic heterocycles. The summed E-state index contributed by atoms with van der Waals surface area (Å²) in [6, 6.07) is 8.06. The summed E-state index contributed by atoms with van der Waals surface area (Å²) in [5.74, 6) is 1.33. The molecule has 3 aromatic rings. The first-order valence-electron chi connectivity index (χ1n) is 9.26. The number of hydrogen-bond donors (Lipinski definition) is 1. The molecule has 1 N–H and O–H groups in total. The first-order valence-corrected chi connectivity index (χ1v) is 9.26. The van der Waals surface area contributed by atoms with E-state index < -0.39 is 5.43 Å². The summed E-state index contributed by atoms with van der Waals surface area (Å²) in [6.45, 7) is 4.25. The summed E-state index contributed by atoms with van der Waals surface area (Å²) < 4.78 is 27.6. The lowest BCUT2D eigenvalue weighted by Crippen LogP contribution is -2.08. The van der Waals surface area contributed by atoms with E-state index in [1.807, 2.05) is 19.9 Å². The topological polar surface area (TPSA) is 87.4 Å². The Morgan fingerprint density at radius 2 is 1.77 bits per heavy atom. The normalized spacial score (nSPS) is 10.6. The molecule has 7 heteroatoms. The second kappa shape index (κ2) is 8.82. The molecule has 3 rings (SSSR count). The van der Waals surface area contributed by atoms with Crippen LogP contribution in [0.15, 0.2) is 51.2 Å². The highest BCUT2D eigenvalue weighted by Gasteiger charge is 2.21.